The summed E-state index contributed by atoms with van der Waals surface area (Å²) in [4.78, 5) is 35.2. The van der Waals surface area contributed by atoms with Gasteiger partial charge in [0.1, 0.15) is 0 Å². The topological polar surface area (TPSA) is 115 Å². The van der Waals surface area contributed by atoms with Crippen LogP contribution in [0.1, 0.15) is 27.2 Å². The van der Waals surface area contributed by atoms with Gasteiger partial charge in [0, 0.05) is 21.7 Å². The Hall–Kier alpha value is -3.53. The highest BCUT2D eigenvalue weighted by molar-refractivity contribution is 7.89. The number of H-pyrrole nitrogens is 2. The molecule has 0 amide bonds. The maximum atomic E-state index is 13.7. The van der Waals surface area contributed by atoms with Gasteiger partial charge in [-0.05, 0) is 55.9 Å². The standard InChI is InChI=1S/C27H28N4O4S/c1-4-24(31(5-2)6-3)30-36(34,35)23-13-9-12-20-25(23)27(33)18-15-21-17(14-22(18)29-20)26(32)16-10-7-8-11-19(16)28-21/h7-15,24,30H,4-6H2,1-3H3,(H,28,32)(H,29,33). The third-order valence-corrected chi connectivity index (χ3v) is 8.33. The monoisotopic (exact) mass is 504 g/mol. The third kappa shape index (κ3) is 3.89. The van der Waals surface area contributed by atoms with Crippen LogP contribution in [-0.4, -0.2) is 42.5 Å². The number of para-hydroxylation sites is 1. The normalized spacial score (nSPS) is 13.3. The van der Waals surface area contributed by atoms with E-state index in [1.165, 1.54) is 6.07 Å². The highest BCUT2D eigenvalue weighted by Crippen LogP contribution is 2.25. The van der Waals surface area contributed by atoms with E-state index in [1.807, 2.05) is 31.7 Å². The van der Waals surface area contributed by atoms with E-state index in [0.717, 1.165) is 0 Å². The van der Waals surface area contributed by atoms with Crippen LogP contribution in [0.25, 0.3) is 43.6 Å². The van der Waals surface area contributed by atoms with Crippen LogP contribution in [-0.2, 0) is 10.0 Å². The minimum Gasteiger partial charge on any atom is -0.354 e. The number of aromatic nitrogens is 2. The summed E-state index contributed by atoms with van der Waals surface area (Å²) in [5, 5.41) is 1.41. The van der Waals surface area contributed by atoms with Crippen molar-refractivity contribution in [3.63, 3.8) is 0 Å². The van der Waals surface area contributed by atoms with Crippen molar-refractivity contribution in [1.82, 2.24) is 19.6 Å². The highest BCUT2D eigenvalue weighted by atomic mass is 32.2. The van der Waals surface area contributed by atoms with E-state index in [-0.39, 0.29) is 21.9 Å². The van der Waals surface area contributed by atoms with Crippen molar-refractivity contribution in [2.24, 2.45) is 0 Å². The molecule has 0 saturated heterocycles. The Bertz CT molecular complexity index is 1850. The van der Waals surface area contributed by atoms with Crippen molar-refractivity contribution in [2.75, 3.05) is 13.1 Å². The predicted octanol–water partition coefficient (Wildman–Crippen LogP) is 4.03. The number of nitrogens with zero attached hydrogens (tertiary/aromatic N) is 1. The van der Waals surface area contributed by atoms with Crippen molar-refractivity contribution in [3.8, 4) is 0 Å². The van der Waals surface area contributed by atoms with Crippen LogP contribution in [0.4, 0.5) is 0 Å². The number of hydrogen-bond donors (Lipinski definition) is 3. The third-order valence-electron chi connectivity index (χ3n) is 6.83. The molecule has 36 heavy (non-hydrogen) atoms. The van der Waals surface area contributed by atoms with Gasteiger partial charge in [0.2, 0.25) is 10.0 Å². The molecule has 0 spiro atoms. The molecule has 3 aromatic carbocycles. The molecule has 186 valence electrons. The van der Waals surface area contributed by atoms with Gasteiger partial charge < -0.3 is 9.97 Å². The smallest absolute Gasteiger partial charge is 0.242 e. The molecule has 2 heterocycles. The van der Waals surface area contributed by atoms with Gasteiger partial charge in [0.05, 0.1) is 33.0 Å². The number of benzene rings is 3. The second-order valence-corrected chi connectivity index (χ2v) is 10.5. The Labute approximate surface area is 208 Å². The lowest BCUT2D eigenvalue weighted by Gasteiger charge is -2.29. The summed E-state index contributed by atoms with van der Waals surface area (Å²) in [6.07, 6.45) is 0.195. The molecule has 5 rings (SSSR count). The van der Waals surface area contributed by atoms with E-state index in [2.05, 4.69) is 14.7 Å². The first kappa shape index (κ1) is 24.2. The van der Waals surface area contributed by atoms with Gasteiger partial charge >= 0.3 is 0 Å². The van der Waals surface area contributed by atoms with Crippen molar-refractivity contribution < 1.29 is 8.42 Å². The summed E-state index contributed by atoms with van der Waals surface area (Å²) in [6, 6.07) is 15.2. The van der Waals surface area contributed by atoms with Crippen LogP contribution in [0.3, 0.4) is 0 Å². The van der Waals surface area contributed by atoms with Crippen molar-refractivity contribution in [3.05, 3.63) is 75.0 Å². The number of sulfonamides is 1. The van der Waals surface area contributed by atoms with Crippen LogP contribution in [0.15, 0.2) is 69.1 Å². The Morgan fingerprint density at radius 1 is 0.778 bits per heavy atom. The molecule has 1 atom stereocenters. The minimum atomic E-state index is -4.00. The lowest BCUT2D eigenvalue weighted by atomic mass is 10.1. The zero-order valence-corrected chi connectivity index (χ0v) is 21.2. The first-order valence-electron chi connectivity index (χ1n) is 12.1. The first-order valence-corrected chi connectivity index (χ1v) is 13.6. The van der Waals surface area contributed by atoms with E-state index < -0.39 is 15.5 Å². The molecular formula is C27H28N4O4S. The quantitative estimate of drug-likeness (QED) is 0.229. The van der Waals surface area contributed by atoms with Crippen LogP contribution in [0.5, 0.6) is 0 Å². The molecule has 0 aliphatic rings. The lowest BCUT2D eigenvalue weighted by Crippen LogP contribution is -2.47. The zero-order valence-electron chi connectivity index (χ0n) is 20.4. The average Bonchev–Trinajstić information content (AvgIpc) is 2.88. The Balaban J connectivity index is 1.76. The second kappa shape index (κ2) is 9.16. The summed E-state index contributed by atoms with van der Waals surface area (Å²) in [7, 11) is -4.00. The van der Waals surface area contributed by atoms with E-state index in [9.17, 15) is 18.0 Å². The summed E-state index contributed by atoms with van der Waals surface area (Å²) < 4.78 is 29.8. The molecule has 0 aliphatic heterocycles. The van der Waals surface area contributed by atoms with Gasteiger partial charge in [0.15, 0.2) is 10.9 Å². The van der Waals surface area contributed by atoms with E-state index in [1.54, 1.807) is 42.5 Å². The largest absolute Gasteiger partial charge is 0.354 e. The molecular weight excluding hydrogens is 476 g/mol. The average molecular weight is 505 g/mol. The predicted molar refractivity (Wildman–Crippen MR) is 145 cm³/mol. The number of pyridine rings is 2. The van der Waals surface area contributed by atoms with E-state index >= 15 is 0 Å². The van der Waals surface area contributed by atoms with Crippen LogP contribution in [0, 0.1) is 0 Å². The molecule has 9 heteroatoms. The van der Waals surface area contributed by atoms with Gasteiger partial charge in [-0.15, -0.1) is 0 Å². The van der Waals surface area contributed by atoms with Crippen LogP contribution in [0.2, 0.25) is 0 Å². The van der Waals surface area contributed by atoms with Crippen molar-refractivity contribution >= 4 is 53.6 Å². The van der Waals surface area contributed by atoms with Crippen LogP contribution >= 0.6 is 0 Å². The van der Waals surface area contributed by atoms with Crippen molar-refractivity contribution in [2.45, 2.75) is 38.3 Å². The molecule has 8 nitrogen and oxygen atoms in total. The van der Waals surface area contributed by atoms with Gasteiger partial charge in [-0.25, -0.2) is 8.42 Å². The number of rotatable bonds is 7. The molecule has 0 saturated carbocycles. The molecule has 0 aliphatic carbocycles. The fourth-order valence-electron chi connectivity index (χ4n) is 4.96. The van der Waals surface area contributed by atoms with Gasteiger partial charge in [-0.3, -0.25) is 14.5 Å². The molecule has 2 aromatic heterocycles. The highest BCUT2D eigenvalue weighted by Gasteiger charge is 2.26. The fourth-order valence-corrected chi connectivity index (χ4v) is 6.49. The number of hydrogen-bond acceptors (Lipinski definition) is 5. The second-order valence-electron chi connectivity index (χ2n) is 8.84. The Kier molecular flexibility index (Phi) is 6.15. The first-order chi connectivity index (χ1) is 17.3. The molecule has 1 unspecified atom stereocenters. The lowest BCUT2D eigenvalue weighted by molar-refractivity contribution is 0.200. The summed E-state index contributed by atoms with van der Waals surface area (Å²) >= 11 is 0. The molecule has 0 fully saturated rings. The SMILES string of the molecule is CCC(NS(=O)(=O)c1cccc2[nH]c3cc4c(=O)c5ccccc5[nH]c4cc3c(=O)c12)N(CC)CC. The number of nitrogens with one attached hydrogen (secondary N) is 3. The van der Waals surface area contributed by atoms with E-state index in [4.69, 9.17) is 0 Å². The summed E-state index contributed by atoms with van der Waals surface area (Å²) in [5.41, 5.74) is 1.50. The number of aromatic amines is 2. The molecule has 3 N–H and O–H groups in total. The van der Waals surface area contributed by atoms with Gasteiger partial charge in [-0.2, -0.15) is 4.72 Å². The van der Waals surface area contributed by atoms with Crippen LogP contribution < -0.4 is 15.6 Å². The van der Waals surface area contributed by atoms with Gasteiger partial charge in [0.25, 0.3) is 0 Å². The van der Waals surface area contributed by atoms with Crippen molar-refractivity contribution in [1.29, 1.82) is 0 Å². The number of fused-ring (bicyclic) bond motifs is 4. The van der Waals surface area contributed by atoms with Gasteiger partial charge in [-0.1, -0.05) is 39.0 Å². The Morgan fingerprint density at radius 3 is 2.06 bits per heavy atom. The molecule has 0 radical (unpaired) electrons. The maximum Gasteiger partial charge on any atom is 0.242 e. The Morgan fingerprint density at radius 2 is 1.39 bits per heavy atom. The zero-order chi connectivity index (χ0) is 25.6. The summed E-state index contributed by atoms with van der Waals surface area (Å²) in [6.45, 7) is 7.27. The molecule has 0 bridgehead atoms. The van der Waals surface area contributed by atoms with E-state index in [0.29, 0.717) is 57.7 Å². The molecule has 5 aromatic rings. The fraction of sp³-hybridized carbons (Fsp3) is 0.259. The summed E-state index contributed by atoms with van der Waals surface area (Å²) in [5.74, 6) is 0. The maximum absolute atomic E-state index is 13.7. The minimum absolute atomic E-state index is 0.0686.